The fourth-order valence-corrected chi connectivity index (χ4v) is 1.84. The third-order valence-corrected chi connectivity index (χ3v) is 2.85. The molecule has 1 fully saturated rings. The van der Waals surface area contributed by atoms with E-state index in [1.165, 1.54) is 0 Å². The van der Waals surface area contributed by atoms with Crippen LogP contribution in [0.4, 0.5) is 13.2 Å². The number of hydrogen-bond donors (Lipinski definition) is 1. The van der Waals surface area contributed by atoms with Gasteiger partial charge in [-0.25, -0.2) is 22.6 Å². The Morgan fingerprint density at radius 3 is 2.44 bits per heavy atom. The zero-order valence-corrected chi connectivity index (χ0v) is 8.82. The Hall–Kier alpha value is -2.12. The molecule has 2 aromatic rings. The molecule has 1 N–H and O–H groups in total. The highest BCUT2D eigenvalue weighted by atomic mass is 19.2. The number of aromatic nitrogens is 3. The second-order valence-electron chi connectivity index (χ2n) is 4.08. The number of benzene rings is 1. The van der Waals surface area contributed by atoms with Crippen molar-refractivity contribution in [3.05, 3.63) is 23.0 Å². The van der Waals surface area contributed by atoms with Gasteiger partial charge in [-0.15, -0.1) is 5.10 Å². The number of carbonyl (C=O) groups is 1. The molecule has 1 aromatic heterocycles. The van der Waals surface area contributed by atoms with Crippen LogP contribution in [-0.2, 0) is 0 Å². The van der Waals surface area contributed by atoms with Crippen LogP contribution in [0.15, 0.2) is 0 Å². The first-order valence-electron chi connectivity index (χ1n) is 5.17. The summed E-state index contributed by atoms with van der Waals surface area (Å²) in [5, 5.41) is 15.6. The van der Waals surface area contributed by atoms with E-state index in [9.17, 15) is 18.0 Å². The SMILES string of the molecule is O=C(O)c1c(F)c(F)c2c(nnn2C2CC2)c1F. The summed E-state index contributed by atoms with van der Waals surface area (Å²) in [6, 6.07) is -0.126. The number of carboxylic acid groups (broad SMARTS) is 1. The van der Waals surface area contributed by atoms with E-state index in [-0.39, 0.29) is 6.04 Å². The molecule has 1 saturated carbocycles. The zero-order valence-electron chi connectivity index (χ0n) is 8.82. The van der Waals surface area contributed by atoms with Crippen LogP contribution in [0, 0.1) is 17.5 Å². The summed E-state index contributed by atoms with van der Waals surface area (Å²) >= 11 is 0. The van der Waals surface area contributed by atoms with Crippen molar-refractivity contribution >= 4 is 17.0 Å². The lowest BCUT2D eigenvalue weighted by Crippen LogP contribution is -2.09. The molecule has 94 valence electrons. The molecule has 1 aliphatic carbocycles. The van der Waals surface area contributed by atoms with Crippen LogP contribution < -0.4 is 0 Å². The van der Waals surface area contributed by atoms with E-state index in [2.05, 4.69) is 10.3 Å². The summed E-state index contributed by atoms with van der Waals surface area (Å²) in [7, 11) is 0. The zero-order chi connectivity index (χ0) is 13.0. The van der Waals surface area contributed by atoms with Crippen LogP contribution in [0.25, 0.3) is 11.0 Å². The summed E-state index contributed by atoms with van der Waals surface area (Å²) in [5.74, 6) is -6.44. The van der Waals surface area contributed by atoms with E-state index in [0.29, 0.717) is 0 Å². The van der Waals surface area contributed by atoms with Crippen molar-refractivity contribution in [3.63, 3.8) is 0 Å². The minimum absolute atomic E-state index is 0.126. The number of rotatable bonds is 2. The van der Waals surface area contributed by atoms with Crippen molar-refractivity contribution in [2.75, 3.05) is 0 Å². The number of hydrogen-bond acceptors (Lipinski definition) is 3. The Balaban J connectivity index is 2.41. The van der Waals surface area contributed by atoms with Crippen LogP contribution >= 0.6 is 0 Å². The second kappa shape index (κ2) is 3.44. The lowest BCUT2D eigenvalue weighted by Gasteiger charge is -2.04. The topological polar surface area (TPSA) is 68.0 Å². The summed E-state index contributed by atoms with van der Waals surface area (Å²) in [4.78, 5) is 10.7. The average molecular weight is 257 g/mol. The van der Waals surface area contributed by atoms with Gasteiger partial charge in [-0.2, -0.15) is 0 Å². The van der Waals surface area contributed by atoms with Crippen LogP contribution in [0.1, 0.15) is 29.2 Å². The van der Waals surface area contributed by atoms with E-state index in [1.54, 1.807) is 0 Å². The molecule has 1 heterocycles. The van der Waals surface area contributed by atoms with Crippen molar-refractivity contribution in [3.8, 4) is 0 Å². The van der Waals surface area contributed by atoms with Gasteiger partial charge in [0.25, 0.3) is 0 Å². The van der Waals surface area contributed by atoms with Gasteiger partial charge in [0.1, 0.15) is 11.1 Å². The van der Waals surface area contributed by atoms with Crippen molar-refractivity contribution in [2.45, 2.75) is 18.9 Å². The van der Waals surface area contributed by atoms with E-state index in [0.717, 1.165) is 17.5 Å². The molecule has 8 heteroatoms. The smallest absolute Gasteiger partial charge is 0.341 e. The van der Waals surface area contributed by atoms with Crippen molar-refractivity contribution in [1.82, 2.24) is 15.0 Å². The molecule has 0 unspecified atom stereocenters. The number of carboxylic acids is 1. The molecular formula is C10H6F3N3O2. The summed E-state index contributed by atoms with van der Waals surface area (Å²) < 4.78 is 42.1. The third kappa shape index (κ3) is 1.31. The molecule has 0 aliphatic heterocycles. The van der Waals surface area contributed by atoms with E-state index < -0.39 is 40.0 Å². The fourth-order valence-electron chi connectivity index (χ4n) is 1.84. The molecule has 1 aromatic carbocycles. The Bertz CT molecular complexity index is 679. The number of fused-ring (bicyclic) bond motifs is 1. The first kappa shape index (κ1) is 11.0. The largest absolute Gasteiger partial charge is 0.477 e. The van der Waals surface area contributed by atoms with Gasteiger partial charge in [-0.3, -0.25) is 0 Å². The average Bonchev–Trinajstić information content (AvgIpc) is 3.05. The maximum atomic E-state index is 13.8. The molecular weight excluding hydrogens is 251 g/mol. The Morgan fingerprint density at radius 2 is 1.89 bits per heavy atom. The number of aromatic carboxylic acids is 1. The van der Waals surface area contributed by atoms with Gasteiger partial charge in [0.15, 0.2) is 23.0 Å². The minimum Gasteiger partial charge on any atom is -0.477 e. The van der Waals surface area contributed by atoms with Gasteiger partial charge in [0, 0.05) is 0 Å². The maximum absolute atomic E-state index is 13.8. The lowest BCUT2D eigenvalue weighted by molar-refractivity contribution is 0.0685. The van der Waals surface area contributed by atoms with Gasteiger partial charge >= 0.3 is 5.97 Å². The molecule has 1 aliphatic rings. The minimum atomic E-state index is -1.88. The second-order valence-corrected chi connectivity index (χ2v) is 4.08. The van der Waals surface area contributed by atoms with Crippen molar-refractivity contribution in [1.29, 1.82) is 0 Å². The maximum Gasteiger partial charge on any atom is 0.341 e. The van der Waals surface area contributed by atoms with E-state index in [1.807, 2.05) is 0 Å². The van der Waals surface area contributed by atoms with Gasteiger partial charge in [-0.05, 0) is 12.8 Å². The predicted molar refractivity (Wildman–Crippen MR) is 52.6 cm³/mol. The van der Waals surface area contributed by atoms with Crippen LogP contribution in [-0.4, -0.2) is 26.1 Å². The van der Waals surface area contributed by atoms with Crippen LogP contribution in [0.3, 0.4) is 0 Å². The Labute approximate surface area is 97.8 Å². The molecule has 5 nitrogen and oxygen atoms in total. The molecule has 0 amide bonds. The molecule has 0 atom stereocenters. The predicted octanol–water partition coefficient (Wildman–Crippen LogP) is 1.88. The highest BCUT2D eigenvalue weighted by Gasteiger charge is 2.33. The molecule has 0 saturated heterocycles. The molecule has 0 radical (unpaired) electrons. The summed E-state index contributed by atoms with van der Waals surface area (Å²) in [6.45, 7) is 0. The highest BCUT2D eigenvalue weighted by molar-refractivity contribution is 5.93. The first-order chi connectivity index (χ1) is 8.52. The summed E-state index contributed by atoms with van der Waals surface area (Å²) in [5.41, 5.74) is -2.32. The molecule has 0 spiro atoms. The van der Waals surface area contributed by atoms with Crippen molar-refractivity contribution < 1.29 is 23.1 Å². The Kier molecular flexibility index (Phi) is 2.10. The van der Waals surface area contributed by atoms with Crippen LogP contribution in [0.2, 0.25) is 0 Å². The third-order valence-electron chi connectivity index (χ3n) is 2.85. The standard InChI is InChI=1S/C10H6F3N3O2/c11-5-4(10(17)18)6(12)8-9(7(5)13)16(15-14-8)3-1-2-3/h3H,1-2H2,(H,17,18). The number of halogens is 3. The van der Waals surface area contributed by atoms with E-state index in [4.69, 9.17) is 5.11 Å². The van der Waals surface area contributed by atoms with Gasteiger partial charge in [-0.1, -0.05) is 5.21 Å². The van der Waals surface area contributed by atoms with E-state index >= 15 is 0 Å². The van der Waals surface area contributed by atoms with Gasteiger partial charge < -0.3 is 5.11 Å². The van der Waals surface area contributed by atoms with Gasteiger partial charge in [0.2, 0.25) is 0 Å². The quantitative estimate of drug-likeness (QED) is 0.834. The van der Waals surface area contributed by atoms with Crippen LogP contribution in [0.5, 0.6) is 0 Å². The normalized spacial score (nSPS) is 15.3. The lowest BCUT2D eigenvalue weighted by atomic mass is 10.1. The highest BCUT2D eigenvalue weighted by Crippen LogP contribution is 2.38. The summed E-state index contributed by atoms with van der Waals surface area (Å²) in [6.07, 6.45) is 1.45. The first-order valence-corrected chi connectivity index (χ1v) is 5.17. The van der Waals surface area contributed by atoms with Gasteiger partial charge in [0.05, 0.1) is 6.04 Å². The molecule has 3 rings (SSSR count). The fraction of sp³-hybridized carbons (Fsp3) is 0.300. The monoisotopic (exact) mass is 257 g/mol. The number of nitrogens with zero attached hydrogens (tertiary/aromatic N) is 3. The van der Waals surface area contributed by atoms with Crippen molar-refractivity contribution in [2.24, 2.45) is 0 Å². The Morgan fingerprint density at radius 1 is 1.22 bits per heavy atom. The molecule has 18 heavy (non-hydrogen) atoms. The molecule has 0 bridgehead atoms.